The van der Waals surface area contributed by atoms with Crippen LogP contribution in [0.3, 0.4) is 0 Å². The van der Waals surface area contributed by atoms with Crippen molar-refractivity contribution < 1.29 is 22.7 Å². The van der Waals surface area contributed by atoms with Crippen LogP contribution in [0.15, 0.2) is 46.9 Å². The fourth-order valence-electron chi connectivity index (χ4n) is 3.47. The van der Waals surface area contributed by atoms with Crippen molar-refractivity contribution in [3.8, 4) is 5.75 Å². The van der Waals surface area contributed by atoms with Gasteiger partial charge in [-0.05, 0) is 62.6 Å². The lowest BCUT2D eigenvalue weighted by Gasteiger charge is -2.32. The molecule has 0 aromatic heterocycles. The van der Waals surface area contributed by atoms with Crippen LogP contribution in [0.5, 0.6) is 5.75 Å². The summed E-state index contributed by atoms with van der Waals surface area (Å²) in [5, 5.41) is 2.91. The van der Waals surface area contributed by atoms with Gasteiger partial charge < -0.3 is 15.0 Å². The van der Waals surface area contributed by atoms with Crippen LogP contribution in [-0.4, -0.2) is 57.1 Å². The van der Waals surface area contributed by atoms with Crippen LogP contribution < -0.4 is 14.4 Å². The summed E-state index contributed by atoms with van der Waals surface area (Å²) in [5.41, 5.74) is 1.88. The number of amides is 2. The van der Waals surface area contributed by atoms with Crippen molar-refractivity contribution in [2.24, 2.45) is 0 Å². The highest BCUT2D eigenvalue weighted by molar-refractivity contribution is 9.10. The Labute approximate surface area is 216 Å². The van der Waals surface area contributed by atoms with E-state index in [0.29, 0.717) is 5.75 Å². The number of rotatable bonds is 11. The van der Waals surface area contributed by atoms with Gasteiger partial charge in [0, 0.05) is 17.1 Å². The fourth-order valence-corrected chi connectivity index (χ4v) is 4.76. The number of carbonyl (C=O) groups excluding carboxylic acids is 2. The number of sulfonamides is 1. The van der Waals surface area contributed by atoms with Gasteiger partial charge in [-0.25, -0.2) is 8.42 Å². The first-order valence-electron chi connectivity index (χ1n) is 11.3. The molecule has 0 fully saturated rings. The summed E-state index contributed by atoms with van der Waals surface area (Å²) >= 11 is 3.43. The second-order valence-corrected chi connectivity index (χ2v) is 11.4. The molecule has 0 aliphatic carbocycles. The number of aryl methyl sites for hydroxylation is 1. The van der Waals surface area contributed by atoms with Crippen molar-refractivity contribution in [2.45, 2.75) is 52.7 Å². The molecular formula is C25H34BrN3O5S. The van der Waals surface area contributed by atoms with E-state index in [1.165, 1.54) is 12.0 Å². The van der Waals surface area contributed by atoms with E-state index < -0.39 is 28.5 Å². The quantitative estimate of drug-likeness (QED) is 0.444. The Morgan fingerprint density at radius 1 is 1.14 bits per heavy atom. The summed E-state index contributed by atoms with van der Waals surface area (Å²) < 4.78 is 32.8. The number of methoxy groups -OCH3 is 1. The maximum atomic E-state index is 13.6. The highest BCUT2D eigenvalue weighted by Gasteiger charge is 2.31. The number of benzene rings is 2. The number of anilines is 1. The third kappa shape index (κ3) is 7.96. The summed E-state index contributed by atoms with van der Waals surface area (Å²) in [5.74, 6) is -0.484. The van der Waals surface area contributed by atoms with E-state index in [-0.39, 0.29) is 24.2 Å². The minimum Gasteiger partial charge on any atom is -0.495 e. The van der Waals surface area contributed by atoms with Crippen molar-refractivity contribution in [1.82, 2.24) is 10.2 Å². The molecule has 2 amide bonds. The number of nitrogens with zero attached hydrogens (tertiary/aromatic N) is 2. The Balaban J connectivity index is 2.46. The molecule has 0 aliphatic heterocycles. The molecule has 0 unspecified atom stereocenters. The number of carbonyl (C=O) groups is 2. The van der Waals surface area contributed by atoms with Gasteiger partial charge in [0.05, 0.1) is 19.1 Å². The van der Waals surface area contributed by atoms with E-state index in [9.17, 15) is 18.0 Å². The highest BCUT2D eigenvalue weighted by Crippen LogP contribution is 2.31. The Morgan fingerprint density at radius 3 is 2.40 bits per heavy atom. The molecule has 2 aromatic rings. The largest absolute Gasteiger partial charge is 0.495 e. The molecule has 10 heteroatoms. The molecule has 35 heavy (non-hydrogen) atoms. The van der Waals surface area contributed by atoms with Crippen molar-refractivity contribution in [3.05, 3.63) is 58.1 Å². The van der Waals surface area contributed by atoms with E-state index in [1.54, 1.807) is 25.1 Å². The van der Waals surface area contributed by atoms with Crippen LogP contribution in [-0.2, 0) is 26.2 Å². The van der Waals surface area contributed by atoms with Gasteiger partial charge in [0.25, 0.3) is 0 Å². The van der Waals surface area contributed by atoms with Crippen LogP contribution in [0, 0.1) is 6.92 Å². The summed E-state index contributed by atoms with van der Waals surface area (Å²) in [7, 11) is -2.40. The van der Waals surface area contributed by atoms with Gasteiger partial charge in [0.1, 0.15) is 18.3 Å². The van der Waals surface area contributed by atoms with E-state index in [0.717, 1.165) is 32.6 Å². The summed E-state index contributed by atoms with van der Waals surface area (Å²) in [6, 6.07) is 11.6. The lowest BCUT2D eigenvalue weighted by atomic mass is 10.1. The fraction of sp³-hybridized carbons (Fsp3) is 0.440. The molecule has 2 aromatic carbocycles. The van der Waals surface area contributed by atoms with Crippen LogP contribution in [0.25, 0.3) is 0 Å². The molecule has 0 bridgehead atoms. The molecule has 8 nitrogen and oxygen atoms in total. The number of hydrogen-bond donors (Lipinski definition) is 1. The van der Waals surface area contributed by atoms with E-state index >= 15 is 0 Å². The molecule has 192 valence electrons. The molecule has 0 saturated heterocycles. The molecule has 0 spiro atoms. The minimum atomic E-state index is -3.85. The SMILES string of the molecule is CC[C@@H](C)NC(=O)[C@@H](C)N(Cc1cccc(Br)c1)C(=O)CN(c1cc(C)ccc1OC)S(C)(=O)=O. The average Bonchev–Trinajstić information content (AvgIpc) is 2.79. The maximum absolute atomic E-state index is 13.6. The van der Waals surface area contributed by atoms with Crippen LogP contribution >= 0.6 is 15.9 Å². The molecule has 2 atom stereocenters. The monoisotopic (exact) mass is 567 g/mol. The standard InChI is InChI=1S/C25H34BrN3O5S/c1-7-18(3)27-25(31)19(4)28(15-20-9-8-10-21(26)14-20)24(30)16-29(35(6,32)33)22-13-17(2)11-12-23(22)34-5/h8-14,18-19H,7,15-16H2,1-6H3,(H,27,31)/t18-,19-/m1/s1. The molecule has 1 N–H and O–H groups in total. The second-order valence-electron chi connectivity index (χ2n) is 8.59. The first-order valence-corrected chi connectivity index (χ1v) is 14.0. The third-order valence-electron chi connectivity index (χ3n) is 5.69. The molecule has 0 radical (unpaired) electrons. The normalized spacial score (nSPS) is 13.0. The second kappa shape index (κ2) is 12.4. The predicted octanol–water partition coefficient (Wildman–Crippen LogP) is 3.86. The molecular weight excluding hydrogens is 534 g/mol. The summed E-state index contributed by atoms with van der Waals surface area (Å²) in [6.45, 7) is 6.97. The topological polar surface area (TPSA) is 96.0 Å². The zero-order chi connectivity index (χ0) is 26.3. The molecule has 2 rings (SSSR count). The zero-order valence-corrected chi connectivity index (χ0v) is 23.4. The van der Waals surface area contributed by atoms with E-state index in [2.05, 4.69) is 21.2 Å². The number of ether oxygens (including phenoxy) is 1. The van der Waals surface area contributed by atoms with Crippen LogP contribution in [0.2, 0.25) is 0 Å². The van der Waals surface area contributed by atoms with Gasteiger partial charge in [-0.2, -0.15) is 0 Å². The predicted molar refractivity (Wildman–Crippen MR) is 142 cm³/mol. The van der Waals surface area contributed by atoms with Crippen molar-refractivity contribution in [2.75, 3.05) is 24.2 Å². The van der Waals surface area contributed by atoms with Crippen LogP contribution in [0.1, 0.15) is 38.3 Å². The molecule has 0 heterocycles. The highest BCUT2D eigenvalue weighted by atomic mass is 79.9. The molecule has 0 aliphatic rings. The van der Waals surface area contributed by atoms with Gasteiger partial charge >= 0.3 is 0 Å². The Kier molecular flexibility index (Phi) is 10.1. The van der Waals surface area contributed by atoms with Crippen molar-refractivity contribution in [1.29, 1.82) is 0 Å². The van der Waals surface area contributed by atoms with E-state index in [4.69, 9.17) is 4.74 Å². The van der Waals surface area contributed by atoms with Gasteiger partial charge in [-0.3, -0.25) is 13.9 Å². The number of nitrogens with one attached hydrogen (secondary N) is 1. The van der Waals surface area contributed by atoms with Gasteiger partial charge in [0.15, 0.2) is 0 Å². The van der Waals surface area contributed by atoms with Crippen molar-refractivity contribution in [3.63, 3.8) is 0 Å². The number of hydrogen-bond acceptors (Lipinski definition) is 5. The van der Waals surface area contributed by atoms with Crippen LogP contribution in [0.4, 0.5) is 5.69 Å². The van der Waals surface area contributed by atoms with Crippen molar-refractivity contribution >= 4 is 43.5 Å². The van der Waals surface area contributed by atoms with Gasteiger partial charge in [-0.1, -0.05) is 41.1 Å². The Morgan fingerprint density at radius 2 is 1.83 bits per heavy atom. The lowest BCUT2D eigenvalue weighted by Crippen LogP contribution is -2.52. The van der Waals surface area contributed by atoms with Gasteiger partial charge in [-0.15, -0.1) is 0 Å². The van der Waals surface area contributed by atoms with Gasteiger partial charge in [0.2, 0.25) is 21.8 Å². The Bertz CT molecular complexity index is 1160. The molecule has 0 saturated carbocycles. The zero-order valence-electron chi connectivity index (χ0n) is 21.0. The number of halogens is 1. The first-order chi connectivity index (χ1) is 16.4. The van der Waals surface area contributed by atoms with E-state index in [1.807, 2.05) is 45.0 Å². The minimum absolute atomic E-state index is 0.0585. The average molecular weight is 569 g/mol. The third-order valence-corrected chi connectivity index (χ3v) is 7.31. The lowest BCUT2D eigenvalue weighted by molar-refractivity contribution is -0.139. The Hall–Kier alpha value is -2.59. The maximum Gasteiger partial charge on any atom is 0.244 e. The smallest absolute Gasteiger partial charge is 0.244 e. The summed E-state index contributed by atoms with van der Waals surface area (Å²) in [4.78, 5) is 28.0. The summed E-state index contributed by atoms with van der Waals surface area (Å²) in [6.07, 6.45) is 1.78. The first kappa shape index (κ1) is 28.6.